The van der Waals surface area contributed by atoms with Crippen molar-refractivity contribution in [3.63, 3.8) is 0 Å². The minimum absolute atomic E-state index is 0.00708. The van der Waals surface area contributed by atoms with Gasteiger partial charge in [0.15, 0.2) is 11.5 Å². The molecule has 29 heavy (non-hydrogen) atoms. The molecule has 2 aromatic carbocycles. The van der Waals surface area contributed by atoms with Crippen molar-refractivity contribution in [3.8, 4) is 11.5 Å². The molecule has 2 aromatic rings. The molecule has 1 N–H and O–H groups in total. The number of rotatable bonds is 6. The topological polar surface area (TPSA) is 67.9 Å². The van der Waals surface area contributed by atoms with Gasteiger partial charge in [-0.15, -0.1) is 0 Å². The second-order valence-corrected chi connectivity index (χ2v) is 8.23. The van der Waals surface area contributed by atoms with E-state index in [2.05, 4.69) is 27.9 Å². The Kier molecular flexibility index (Phi) is 6.46. The number of methoxy groups -OCH3 is 1. The Morgan fingerprint density at radius 1 is 1.17 bits per heavy atom. The van der Waals surface area contributed by atoms with Gasteiger partial charge in [-0.1, -0.05) is 29.8 Å². The van der Waals surface area contributed by atoms with Crippen molar-refractivity contribution in [2.75, 3.05) is 7.11 Å². The van der Waals surface area contributed by atoms with Crippen molar-refractivity contribution < 1.29 is 19.1 Å². The summed E-state index contributed by atoms with van der Waals surface area (Å²) in [7, 11) is 1.57. The predicted octanol–water partition coefficient (Wildman–Crippen LogP) is 4.49. The van der Waals surface area contributed by atoms with Gasteiger partial charge in [-0.25, -0.2) is 4.79 Å². The lowest BCUT2D eigenvalue weighted by Gasteiger charge is -2.16. The van der Waals surface area contributed by atoms with Crippen LogP contribution in [-0.2, 0) is 11.3 Å². The van der Waals surface area contributed by atoms with Crippen LogP contribution in [0.3, 0.4) is 0 Å². The van der Waals surface area contributed by atoms with Gasteiger partial charge in [0.1, 0.15) is 5.70 Å². The summed E-state index contributed by atoms with van der Waals surface area (Å²) in [4.78, 5) is 26.3. The van der Waals surface area contributed by atoms with E-state index in [0.29, 0.717) is 11.5 Å². The Balaban J connectivity index is 1.85. The smallest absolute Gasteiger partial charge is 0.329 e. The summed E-state index contributed by atoms with van der Waals surface area (Å²) >= 11 is 2.17. The first-order valence-corrected chi connectivity index (χ1v) is 10.3. The number of nitrogens with zero attached hydrogens (tertiary/aromatic N) is 1. The zero-order valence-electron chi connectivity index (χ0n) is 16.8. The summed E-state index contributed by atoms with van der Waals surface area (Å²) in [5, 5.41) is 2.66. The van der Waals surface area contributed by atoms with Gasteiger partial charge in [0, 0.05) is 0 Å². The Morgan fingerprint density at radius 2 is 1.86 bits per heavy atom. The molecule has 0 saturated carbocycles. The van der Waals surface area contributed by atoms with Crippen LogP contribution in [0.2, 0.25) is 0 Å². The minimum atomic E-state index is -0.428. The van der Waals surface area contributed by atoms with Crippen molar-refractivity contribution in [3.05, 3.63) is 62.4 Å². The van der Waals surface area contributed by atoms with Crippen LogP contribution in [0, 0.1) is 10.5 Å². The van der Waals surface area contributed by atoms with Crippen molar-refractivity contribution >= 4 is 40.6 Å². The molecule has 1 aliphatic heterocycles. The van der Waals surface area contributed by atoms with E-state index in [1.54, 1.807) is 19.3 Å². The average molecular weight is 506 g/mol. The SMILES string of the molecule is COc1cc(/C=C2/NC(=O)N(Cc3ccc(C)cc3)C2=O)cc(I)c1OC(C)C. The number of amides is 3. The van der Waals surface area contributed by atoms with E-state index in [9.17, 15) is 9.59 Å². The molecule has 7 heteroatoms. The van der Waals surface area contributed by atoms with Crippen LogP contribution in [0.5, 0.6) is 11.5 Å². The Morgan fingerprint density at radius 3 is 2.48 bits per heavy atom. The van der Waals surface area contributed by atoms with Crippen LogP contribution in [0.15, 0.2) is 42.1 Å². The molecule has 1 heterocycles. The summed E-state index contributed by atoms with van der Waals surface area (Å²) < 4.78 is 12.1. The molecule has 0 aromatic heterocycles. The molecule has 0 spiro atoms. The van der Waals surface area contributed by atoms with Gasteiger partial charge < -0.3 is 14.8 Å². The first-order valence-electron chi connectivity index (χ1n) is 9.22. The molecule has 3 rings (SSSR count). The van der Waals surface area contributed by atoms with Gasteiger partial charge in [-0.05, 0) is 72.7 Å². The minimum Gasteiger partial charge on any atom is -0.493 e. The monoisotopic (exact) mass is 506 g/mol. The lowest BCUT2D eigenvalue weighted by atomic mass is 10.1. The van der Waals surface area contributed by atoms with Crippen molar-refractivity contribution in [1.82, 2.24) is 10.2 Å². The molecule has 0 unspecified atom stereocenters. The molecule has 0 atom stereocenters. The molecule has 1 saturated heterocycles. The second kappa shape index (κ2) is 8.86. The third-order valence-electron chi connectivity index (χ3n) is 4.34. The fourth-order valence-electron chi connectivity index (χ4n) is 2.93. The van der Waals surface area contributed by atoms with E-state index in [4.69, 9.17) is 9.47 Å². The van der Waals surface area contributed by atoms with E-state index in [0.717, 1.165) is 20.3 Å². The largest absolute Gasteiger partial charge is 0.493 e. The molecule has 0 aliphatic carbocycles. The third kappa shape index (κ3) is 4.90. The summed E-state index contributed by atoms with van der Waals surface area (Å²) in [5.74, 6) is 0.880. The molecule has 3 amide bonds. The van der Waals surface area contributed by atoms with E-state index >= 15 is 0 Å². The number of ether oxygens (including phenoxy) is 2. The van der Waals surface area contributed by atoms with Crippen molar-refractivity contribution in [2.45, 2.75) is 33.4 Å². The van der Waals surface area contributed by atoms with Crippen LogP contribution in [0.4, 0.5) is 4.79 Å². The Labute approximate surface area is 184 Å². The van der Waals surface area contributed by atoms with Crippen LogP contribution >= 0.6 is 22.6 Å². The second-order valence-electron chi connectivity index (χ2n) is 7.07. The molecule has 1 fully saturated rings. The number of benzene rings is 2. The zero-order chi connectivity index (χ0) is 21.1. The Bertz CT molecular complexity index is 968. The van der Waals surface area contributed by atoms with E-state index in [1.807, 2.05) is 51.1 Å². The number of imide groups is 1. The van der Waals surface area contributed by atoms with Gasteiger partial charge in [-0.2, -0.15) is 0 Å². The van der Waals surface area contributed by atoms with Gasteiger partial charge in [0.25, 0.3) is 5.91 Å². The highest BCUT2D eigenvalue weighted by Gasteiger charge is 2.33. The van der Waals surface area contributed by atoms with Crippen LogP contribution < -0.4 is 14.8 Å². The highest BCUT2D eigenvalue weighted by molar-refractivity contribution is 14.1. The summed E-state index contributed by atoms with van der Waals surface area (Å²) in [6.45, 7) is 6.11. The summed E-state index contributed by atoms with van der Waals surface area (Å²) in [5.41, 5.74) is 2.99. The molecule has 1 aliphatic rings. The van der Waals surface area contributed by atoms with E-state index in [1.165, 1.54) is 4.90 Å². The first-order chi connectivity index (χ1) is 13.8. The maximum Gasteiger partial charge on any atom is 0.329 e. The number of hydrogen-bond donors (Lipinski definition) is 1. The molecule has 6 nitrogen and oxygen atoms in total. The first kappa shape index (κ1) is 21.2. The summed E-state index contributed by atoms with van der Waals surface area (Å²) in [6, 6.07) is 11.0. The molecule has 0 radical (unpaired) electrons. The average Bonchev–Trinajstić information content (AvgIpc) is 2.92. The zero-order valence-corrected chi connectivity index (χ0v) is 18.9. The highest BCUT2D eigenvalue weighted by atomic mass is 127. The quantitative estimate of drug-likeness (QED) is 0.356. The van der Waals surface area contributed by atoms with Gasteiger partial charge in [0.2, 0.25) is 0 Å². The van der Waals surface area contributed by atoms with Crippen molar-refractivity contribution in [1.29, 1.82) is 0 Å². The maximum atomic E-state index is 12.8. The fraction of sp³-hybridized carbons (Fsp3) is 0.273. The third-order valence-corrected chi connectivity index (χ3v) is 5.14. The van der Waals surface area contributed by atoms with Crippen molar-refractivity contribution in [2.24, 2.45) is 0 Å². The number of aryl methyl sites for hydroxylation is 1. The standard InChI is InChI=1S/C22H23IN2O4/c1-13(2)29-20-17(23)9-16(11-19(20)28-4)10-18-21(26)25(22(27)24-18)12-15-7-5-14(3)6-8-15/h5-11,13H,12H2,1-4H3,(H,24,27)/b18-10+. The number of halogens is 1. The lowest BCUT2D eigenvalue weighted by molar-refractivity contribution is -0.123. The highest BCUT2D eigenvalue weighted by Crippen LogP contribution is 2.35. The molecule has 0 bridgehead atoms. The maximum absolute atomic E-state index is 12.8. The fourth-order valence-corrected chi connectivity index (χ4v) is 3.68. The normalized spacial score (nSPS) is 15.2. The van der Waals surface area contributed by atoms with Crippen LogP contribution in [0.1, 0.15) is 30.5 Å². The van der Waals surface area contributed by atoms with Gasteiger partial charge >= 0.3 is 6.03 Å². The number of hydrogen-bond acceptors (Lipinski definition) is 4. The summed E-state index contributed by atoms with van der Waals surface area (Å²) in [6.07, 6.45) is 1.66. The number of carbonyl (C=O) groups excluding carboxylic acids is 2. The van der Waals surface area contributed by atoms with Crippen LogP contribution in [0.25, 0.3) is 6.08 Å². The van der Waals surface area contributed by atoms with Crippen LogP contribution in [-0.4, -0.2) is 30.1 Å². The van der Waals surface area contributed by atoms with Gasteiger partial charge in [-0.3, -0.25) is 9.69 Å². The number of urea groups is 1. The predicted molar refractivity (Wildman–Crippen MR) is 120 cm³/mol. The molecule has 152 valence electrons. The Hall–Kier alpha value is -2.55. The molecular formula is C22H23IN2O4. The molecular weight excluding hydrogens is 483 g/mol. The lowest BCUT2D eigenvalue weighted by Crippen LogP contribution is -2.30. The number of nitrogens with one attached hydrogen (secondary N) is 1. The van der Waals surface area contributed by atoms with E-state index < -0.39 is 6.03 Å². The van der Waals surface area contributed by atoms with E-state index in [-0.39, 0.29) is 24.3 Å². The van der Waals surface area contributed by atoms with Gasteiger partial charge in [0.05, 0.1) is 23.3 Å². The number of carbonyl (C=O) groups is 2.